The van der Waals surface area contributed by atoms with Crippen LogP contribution >= 0.6 is 12.4 Å². The number of non-ortho nitro benzene ring substituents is 1. The number of hydrogen-bond acceptors (Lipinski definition) is 8. The summed E-state index contributed by atoms with van der Waals surface area (Å²) >= 11 is 0. The molecule has 0 radical (unpaired) electrons. The Morgan fingerprint density at radius 2 is 1.61 bits per heavy atom. The van der Waals surface area contributed by atoms with Gasteiger partial charge in [0.25, 0.3) is 5.69 Å². The monoisotopic (exact) mass is 551 g/mol. The minimum atomic E-state index is -0.877. The Balaban J connectivity index is 0.00000456. The third-order valence-electron chi connectivity index (χ3n) is 5.80. The number of halogens is 1. The number of hydrogen-bond donors (Lipinski definition) is 1. The zero-order valence-corrected chi connectivity index (χ0v) is 22.5. The molecule has 0 saturated carbocycles. The predicted molar refractivity (Wildman–Crippen MR) is 145 cm³/mol. The lowest BCUT2D eigenvalue weighted by molar-refractivity contribution is -0.384. The molecule has 0 fully saturated rings. The van der Waals surface area contributed by atoms with Gasteiger partial charge in [-0.2, -0.15) is 0 Å². The van der Waals surface area contributed by atoms with Gasteiger partial charge in [0.2, 0.25) is 0 Å². The first-order chi connectivity index (χ1) is 16.7. The number of nitrogens with one attached hydrogen (secondary N) is 1. The first kappa shape index (κ1) is 34.2. The number of carbonyl (C=O) groups is 2. The molecule has 12 heteroatoms. The fourth-order valence-electron chi connectivity index (χ4n) is 4.14. The van der Waals surface area contributed by atoms with Gasteiger partial charge in [0.05, 0.1) is 29.1 Å². The number of allylic oxidation sites excluding steroid dienone is 2. The minimum absolute atomic E-state index is 0. The standard InChI is InChI=1S/C26H29N3O6.ClH.2H2O/c1-17-22(25(30)34-4)24(20-11-8-12-21(15-20)29(32)33)23(18(2)27-17)26(31)35-14-13-28(3)16-19-9-6-5-7-10-19;;;/h5-12,15,24,27H,13-14,16H2,1-4H3;1H;2*1H2/t24-;;;/m0.../s1. The molecule has 38 heavy (non-hydrogen) atoms. The highest BCUT2D eigenvalue weighted by Gasteiger charge is 2.38. The van der Waals surface area contributed by atoms with Crippen molar-refractivity contribution in [2.45, 2.75) is 26.3 Å². The molecule has 0 bridgehead atoms. The van der Waals surface area contributed by atoms with Crippen molar-refractivity contribution < 1.29 is 34.9 Å². The average Bonchev–Trinajstić information content (AvgIpc) is 2.83. The Labute approximate surface area is 227 Å². The molecule has 0 aromatic heterocycles. The lowest BCUT2D eigenvalue weighted by Crippen LogP contribution is -2.33. The van der Waals surface area contributed by atoms with E-state index in [0.717, 1.165) is 5.56 Å². The Kier molecular flexibility index (Phi) is 13.9. The molecule has 2 aromatic carbocycles. The van der Waals surface area contributed by atoms with Crippen LogP contribution in [0.5, 0.6) is 0 Å². The molecule has 208 valence electrons. The van der Waals surface area contributed by atoms with E-state index in [1.807, 2.05) is 42.3 Å². The molecule has 1 atom stereocenters. The molecule has 0 spiro atoms. The number of ether oxygens (including phenoxy) is 2. The Hall–Kier alpha value is -3.77. The van der Waals surface area contributed by atoms with E-state index in [1.54, 1.807) is 19.9 Å². The maximum absolute atomic E-state index is 13.3. The van der Waals surface area contributed by atoms with E-state index < -0.39 is 22.8 Å². The first-order valence-electron chi connectivity index (χ1n) is 11.1. The third-order valence-corrected chi connectivity index (χ3v) is 5.80. The minimum Gasteiger partial charge on any atom is -0.466 e. The van der Waals surface area contributed by atoms with Crippen molar-refractivity contribution in [3.8, 4) is 0 Å². The lowest BCUT2D eigenvalue weighted by Gasteiger charge is -2.30. The molecule has 0 unspecified atom stereocenters. The van der Waals surface area contributed by atoms with Crippen LogP contribution in [0.4, 0.5) is 5.69 Å². The van der Waals surface area contributed by atoms with Crippen molar-refractivity contribution in [1.29, 1.82) is 0 Å². The number of carbonyl (C=O) groups excluding carboxylic acids is 2. The summed E-state index contributed by atoms with van der Waals surface area (Å²) in [5.41, 5.74) is 2.85. The molecule has 2 aromatic rings. The average molecular weight is 552 g/mol. The van der Waals surface area contributed by atoms with Gasteiger partial charge in [-0.05, 0) is 32.0 Å². The van der Waals surface area contributed by atoms with Gasteiger partial charge >= 0.3 is 11.9 Å². The van der Waals surface area contributed by atoms with Crippen molar-refractivity contribution in [1.82, 2.24) is 10.2 Å². The Bertz CT molecular complexity index is 1180. The number of esters is 2. The molecule has 11 nitrogen and oxygen atoms in total. The number of rotatable bonds is 9. The van der Waals surface area contributed by atoms with Crippen molar-refractivity contribution >= 4 is 30.0 Å². The Morgan fingerprint density at radius 3 is 2.18 bits per heavy atom. The fraction of sp³-hybridized carbons (Fsp3) is 0.308. The first-order valence-corrected chi connectivity index (χ1v) is 11.1. The summed E-state index contributed by atoms with van der Waals surface area (Å²) < 4.78 is 10.6. The molecular formula is C26H34ClN3O8. The number of methoxy groups -OCH3 is 1. The quantitative estimate of drug-likeness (QED) is 0.281. The summed E-state index contributed by atoms with van der Waals surface area (Å²) in [7, 11) is 3.18. The normalized spacial score (nSPS) is 14.4. The van der Waals surface area contributed by atoms with Gasteiger partial charge < -0.3 is 25.7 Å². The van der Waals surface area contributed by atoms with Gasteiger partial charge in [-0.15, -0.1) is 12.4 Å². The second-order valence-electron chi connectivity index (χ2n) is 8.34. The zero-order valence-electron chi connectivity index (χ0n) is 21.6. The van der Waals surface area contributed by atoms with Crippen LogP contribution in [-0.4, -0.2) is 60.0 Å². The third kappa shape index (κ3) is 8.12. The summed E-state index contributed by atoms with van der Waals surface area (Å²) in [6.45, 7) is 4.74. The van der Waals surface area contributed by atoms with Crippen LogP contribution in [0.3, 0.4) is 0 Å². The van der Waals surface area contributed by atoms with Crippen LogP contribution in [0.1, 0.15) is 30.9 Å². The summed E-state index contributed by atoms with van der Waals surface area (Å²) in [6.07, 6.45) is 0. The molecule has 0 aliphatic carbocycles. The van der Waals surface area contributed by atoms with Crippen molar-refractivity contribution in [2.75, 3.05) is 27.3 Å². The maximum Gasteiger partial charge on any atom is 0.336 e. The predicted octanol–water partition coefficient (Wildman–Crippen LogP) is 2.45. The van der Waals surface area contributed by atoms with Gasteiger partial charge in [0, 0.05) is 36.6 Å². The van der Waals surface area contributed by atoms with Gasteiger partial charge in [-0.1, -0.05) is 42.5 Å². The molecule has 1 heterocycles. The zero-order chi connectivity index (χ0) is 25.5. The summed E-state index contributed by atoms with van der Waals surface area (Å²) in [6, 6.07) is 15.8. The summed E-state index contributed by atoms with van der Waals surface area (Å²) in [5.74, 6) is -2.11. The molecule has 1 aliphatic heterocycles. The van der Waals surface area contributed by atoms with E-state index in [0.29, 0.717) is 30.0 Å². The number of likely N-dealkylation sites (N-methyl/N-ethyl adjacent to an activating group) is 1. The highest BCUT2D eigenvalue weighted by atomic mass is 35.5. The molecular weight excluding hydrogens is 518 g/mol. The van der Waals surface area contributed by atoms with Crippen LogP contribution in [0.2, 0.25) is 0 Å². The molecule has 0 saturated heterocycles. The number of dihydropyridines is 1. The van der Waals surface area contributed by atoms with E-state index in [9.17, 15) is 19.7 Å². The Morgan fingerprint density at radius 1 is 1.00 bits per heavy atom. The lowest BCUT2D eigenvalue weighted by atomic mass is 9.80. The smallest absolute Gasteiger partial charge is 0.336 e. The highest BCUT2D eigenvalue weighted by molar-refractivity contribution is 5.99. The van der Waals surface area contributed by atoms with Crippen molar-refractivity contribution in [3.05, 3.63) is 98.4 Å². The molecule has 0 amide bonds. The van der Waals surface area contributed by atoms with Crippen LogP contribution < -0.4 is 5.32 Å². The number of benzene rings is 2. The topological polar surface area (TPSA) is 174 Å². The van der Waals surface area contributed by atoms with E-state index in [2.05, 4.69) is 5.32 Å². The van der Waals surface area contributed by atoms with Gasteiger partial charge in [0.15, 0.2) is 0 Å². The SMILES string of the molecule is COC(=O)C1=C(C)NC(C)=C(C(=O)OCCN(C)Cc2ccccc2)[C@H]1c1cccc([N+](=O)[O-])c1.Cl.O.O. The van der Waals surface area contributed by atoms with E-state index in [4.69, 9.17) is 9.47 Å². The summed E-state index contributed by atoms with van der Waals surface area (Å²) in [5, 5.41) is 14.4. The number of nitro groups is 1. The van der Waals surface area contributed by atoms with Gasteiger partial charge in [0.1, 0.15) is 6.61 Å². The van der Waals surface area contributed by atoms with Crippen LogP contribution in [0.25, 0.3) is 0 Å². The highest BCUT2D eigenvalue weighted by Crippen LogP contribution is 2.40. The van der Waals surface area contributed by atoms with Gasteiger partial charge in [-0.3, -0.25) is 15.0 Å². The van der Waals surface area contributed by atoms with Crippen LogP contribution in [0, 0.1) is 10.1 Å². The molecule has 1 aliphatic rings. The summed E-state index contributed by atoms with van der Waals surface area (Å²) in [4.78, 5) is 38.8. The van der Waals surface area contributed by atoms with E-state index in [1.165, 1.54) is 25.3 Å². The number of nitro benzene ring substituents is 1. The fourth-order valence-corrected chi connectivity index (χ4v) is 4.14. The second kappa shape index (κ2) is 15.5. The van der Waals surface area contributed by atoms with E-state index in [-0.39, 0.29) is 46.8 Å². The van der Waals surface area contributed by atoms with Crippen molar-refractivity contribution in [2.24, 2.45) is 0 Å². The maximum atomic E-state index is 13.3. The van der Waals surface area contributed by atoms with Crippen LogP contribution in [0.15, 0.2) is 77.1 Å². The van der Waals surface area contributed by atoms with Crippen molar-refractivity contribution in [3.63, 3.8) is 0 Å². The van der Waals surface area contributed by atoms with Crippen LogP contribution in [-0.2, 0) is 25.6 Å². The largest absolute Gasteiger partial charge is 0.466 e. The second-order valence-corrected chi connectivity index (χ2v) is 8.34. The molecule has 3 rings (SSSR count). The van der Waals surface area contributed by atoms with E-state index >= 15 is 0 Å². The van der Waals surface area contributed by atoms with Gasteiger partial charge in [-0.25, -0.2) is 9.59 Å². The number of nitrogens with zero attached hydrogens (tertiary/aromatic N) is 2. The molecule has 5 N–H and O–H groups in total.